The van der Waals surface area contributed by atoms with Gasteiger partial charge in [0.2, 0.25) is 0 Å². The van der Waals surface area contributed by atoms with Gasteiger partial charge in [0.25, 0.3) is 0 Å². The Bertz CT molecular complexity index is 748. The van der Waals surface area contributed by atoms with E-state index in [4.69, 9.17) is 23.8 Å². The van der Waals surface area contributed by atoms with Gasteiger partial charge in [-0.25, -0.2) is 5.01 Å². The van der Waals surface area contributed by atoms with E-state index >= 15 is 0 Å². The molecule has 2 aromatic carbocycles. The molecule has 0 saturated heterocycles. The van der Waals surface area contributed by atoms with Crippen LogP contribution >= 0.6 is 39.7 Å². The summed E-state index contributed by atoms with van der Waals surface area (Å²) >= 11 is 14.9. The molecule has 1 aliphatic rings. The molecule has 0 saturated carbocycles. The summed E-state index contributed by atoms with van der Waals surface area (Å²) in [7, 11) is 0. The van der Waals surface area contributed by atoms with E-state index in [1.165, 1.54) is 0 Å². The summed E-state index contributed by atoms with van der Waals surface area (Å²) in [5.41, 5.74) is 3.02. The van der Waals surface area contributed by atoms with Crippen LogP contribution in [0.2, 0.25) is 5.02 Å². The number of hydrazone groups is 1. The van der Waals surface area contributed by atoms with Crippen molar-refractivity contribution in [1.82, 2.24) is 5.01 Å². The number of nitrogens with one attached hydrogen (secondary N) is 1. The van der Waals surface area contributed by atoms with Crippen LogP contribution in [0.25, 0.3) is 0 Å². The summed E-state index contributed by atoms with van der Waals surface area (Å²) in [5, 5.41) is 10.8. The maximum absolute atomic E-state index is 5.98. The van der Waals surface area contributed by atoms with Crippen LogP contribution in [-0.2, 0) is 0 Å². The Kier molecular flexibility index (Phi) is 4.76. The van der Waals surface area contributed by atoms with E-state index in [9.17, 15) is 0 Å². The number of nitrogens with zero attached hydrogens (tertiary/aromatic N) is 2. The Morgan fingerprint density at radius 3 is 2.82 bits per heavy atom. The summed E-state index contributed by atoms with van der Waals surface area (Å²) in [6.07, 6.45) is 0.869. The van der Waals surface area contributed by atoms with Crippen molar-refractivity contribution in [2.45, 2.75) is 6.42 Å². The minimum Gasteiger partial charge on any atom is -0.331 e. The zero-order valence-electron chi connectivity index (χ0n) is 11.6. The maximum Gasteiger partial charge on any atom is 0.194 e. The summed E-state index contributed by atoms with van der Waals surface area (Å²) in [6.45, 7) is 0.772. The zero-order chi connectivity index (χ0) is 15.5. The van der Waals surface area contributed by atoms with Crippen LogP contribution in [-0.4, -0.2) is 22.4 Å². The molecule has 0 bridgehead atoms. The van der Waals surface area contributed by atoms with Gasteiger partial charge in [0.1, 0.15) is 0 Å². The molecular formula is C16H13BrClN3S. The number of hydrogen-bond donors (Lipinski definition) is 1. The van der Waals surface area contributed by atoms with E-state index in [2.05, 4.69) is 38.5 Å². The van der Waals surface area contributed by atoms with E-state index in [1.807, 2.05) is 41.4 Å². The minimum absolute atomic E-state index is 0.576. The van der Waals surface area contributed by atoms with Gasteiger partial charge in [-0.3, -0.25) is 0 Å². The van der Waals surface area contributed by atoms with Gasteiger partial charge in [-0.1, -0.05) is 45.7 Å². The van der Waals surface area contributed by atoms with Gasteiger partial charge in [-0.2, -0.15) is 5.10 Å². The van der Waals surface area contributed by atoms with Crippen molar-refractivity contribution in [3.8, 4) is 0 Å². The number of halogens is 2. The first-order chi connectivity index (χ1) is 10.6. The molecule has 0 unspecified atom stereocenters. The molecule has 3 rings (SSSR count). The van der Waals surface area contributed by atoms with Gasteiger partial charge < -0.3 is 5.32 Å². The van der Waals surface area contributed by atoms with Crippen molar-refractivity contribution in [3.63, 3.8) is 0 Å². The van der Waals surface area contributed by atoms with Crippen LogP contribution in [0.4, 0.5) is 5.69 Å². The molecule has 112 valence electrons. The summed E-state index contributed by atoms with van der Waals surface area (Å²) in [5.74, 6) is 0. The Labute approximate surface area is 148 Å². The van der Waals surface area contributed by atoms with Gasteiger partial charge >= 0.3 is 0 Å². The predicted octanol–water partition coefficient (Wildman–Crippen LogP) is 4.91. The third-order valence-electron chi connectivity index (χ3n) is 3.27. The molecule has 0 aliphatic carbocycles. The lowest BCUT2D eigenvalue weighted by Crippen LogP contribution is -2.28. The first kappa shape index (κ1) is 15.5. The number of benzene rings is 2. The number of anilines is 1. The van der Waals surface area contributed by atoms with Gasteiger partial charge in [-0.15, -0.1) is 0 Å². The van der Waals surface area contributed by atoms with E-state index in [-0.39, 0.29) is 0 Å². The summed E-state index contributed by atoms with van der Waals surface area (Å²) in [6, 6.07) is 15.6. The van der Waals surface area contributed by atoms with Crippen molar-refractivity contribution >= 4 is 56.3 Å². The molecule has 0 amide bonds. The predicted molar refractivity (Wildman–Crippen MR) is 99.7 cm³/mol. The molecule has 1 aliphatic heterocycles. The van der Waals surface area contributed by atoms with Crippen LogP contribution in [0, 0.1) is 0 Å². The van der Waals surface area contributed by atoms with Gasteiger partial charge in [0, 0.05) is 28.1 Å². The molecule has 22 heavy (non-hydrogen) atoms. The monoisotopic (exact) mass is 393 g/mol. The highest BCUT2D eigenvalue weighted by molar-refractivity contribution is 9.10. The fourth-order valence-electron chi connectivity index (χ4n) is 2.23. The Morgan fingerprint density at radius 1 is 1.23 bits per heavy atom. The number of hydrogen-bond acceptors (Lipinski definition) is 2. The van der Waals surface area contributed by atoms with Crippen LogP contribution in [0.5, 0.6) is 0 Å². The second kappa shape index (κ2) is 6.77. The molecule has 3 nitrogen and oxygen atoms in total. The molecular weight excluding hydrogens is 382 g/mol. The summed E-state index contributed by atoms with van der Waals surface area (Å²) < 4.78 is 1.05. The molecule has 0 fully saturated rings. The molecule has 1 N–H and O–H groups in total. The highest BCUT2D eigenvalue weighted by Crippen LogP contribution is 2.20. The SMILES string of the molecule is S=C(Nc1cccc(Cl)c1)N1CCC(c2cccc(Br)c2)=N1. The lowest BCUT2D eigenvalue weighted by molar-refractivity contribution is 0.499. The molecule has 2 aromatic rings. The van der Waals surface area contributed by atoms with E-state index in [1.54, 1.807) is 0 Å². The number of rotatable bonds is 2. The largest absolute Gasteiger partial charge is 0.331 e. The number of thiocarbonyl (C=S) groups is 1. The normalized spacial score (nSPS) is 13.9. The molecule has 0 radical (unpaired) electrons. The topological polar surface area (TPSA) is 27.6 Å². The van der Waals surface area contributed by atoms with Crippen molar-refractivity contribution in [3.05, 3.63) is 63.6 Å². The smallest absolute Gasteiger partial charge is 0.194 e. The Morgan fingerprint density at radius 2 is 2.05 bits per heavy atom. The van der Waals surface area contributed by atoms with Crippen LogP contribution in [0.15, 0.2) is 58.1 Å². The van der Waals surface area contributed by atoms with Crippen LogP contribution < -0.4 is 5.32 Å². The summed E-state index contributed by atoms with van der Waals surface area (Å²) in [4.78, 5) is 0. The van der Waals surface area contributed by atoms with E-state index in [0.29, 0.717) is 10.1 Å². The van der Waals surface area contributed by atoms with Crippen molar-refractivity contribution in [1.29, 1.82) is 0 Å². The second-order valence-electron chi connectivity index (χ2n) is 4.87. The highest BCUT2D eigenvalue weighted by atomic mass is 79.9. The van der Waals surface area contributed by atoms with Crippen molar-refractivity contribution in [2.75, 3.05) is 11.9 Å². The molecule has 0 aromatic heterocycles. The molecule has 0 spiro atoms. The third-order valence-corrected chi connectivity index (χ3v) is 4.31. The minimum atomic E-state index is 0.576. The first-order valence-corrected chi connectivity index (χ1v) is 8.37. The second-order valence-corrected chi connectivity index (χ2v) is 6.61. The average molecular weight is 395 g/mol. The molecule has 6 heteroatoms. The third kappa shape index (κ3) is 3.66. The Balaban J connectivity index is 1.72. The van der Waals surface area contributed by atoms with E-state index < -0.39 is 0 Å². The first-order valence-electron chi connectivity index (χ1n) is 6.79. The van der Waals surface area contributed by atoms with Crippen LogP contribution in [0.3, 0.4) is 0 Å². The fourth-order valence-corrected chi connectivity index (χ4v) is 3.07. The van der Waals surface area contributed by atoms with Gasteiger partial charge in [0.05, 0.1) is 5.71 Å². The molecule has 1 heterocycles. The zero-order valence-corrected chi connectivity index (χ0v) is 14.8. The lowest BCUT2D eigenvalue weighted by atomic mass is 10.1. The van der Waals surface area contributed by atoms with Crippen molar-refractivity contribution in [2.24, 2.45) is 5.10 Å². The maximum atomic E-state index is 5.98. The standard InChI is InChI=1S/C16H13BrClN3S/c17-12-4-1-3-11(9-12)15-7-8-21(20-15)16(22)19-14-6-2-5-13(18)10-14/h1-6,9-10H,7-8H2,(H,19,22). The quantitative estimate of drug-likeness (QED) is 0.733. The fraction of sp³-hybridized carbons (Fsp3) is 0.125. The van der Waals surface area contributed by atoms with Crippen molar-refractivity contribution < 1.29 is 0 Å². The van der Waals surface area contributed by atoms with Crippen LogP contribution in [0.1, 0.15) is 12.0 Å². The van der Waals surface area contributed by atoms with Gasteiger partial charge in [0.15, 0.2) is 5.11 Å². The Hall–Kier alpha value is -1.43. The molecule has 0 atom stereocenters. The van der Waals surface area contributed by atoms with E-state index in [0.717, 1.165) is 34.4 Å². The van der Waals surface area contributed by atoms with Gasteiger partial charge in [-0.05, 0) is 48.1 Å². The average Bonchev–Trinajstić information content (AvgIpc) is 2.97. The lowest BCUT2D eigenvalue weighted by Gasteiger charge is -2.16. The highest BCUT2D eigenvalue weighted by Gasteiger charge is 2.19.